The Morgan fingerprint density at radius 2 is 1.93 bits per heavy atom. The van der Waals surface area contributed by atoms with E-state index in [0.29, 0.717) is 0 Å². The standard InChI is InChI=1S/C10H9NO4/c1-7(6-12)10(13)8-2-4-9(5-3-8)11(14)15/h2-5,12H,1,6H2. The molecule has 78 valence electrons. The maximum atomic E-state index is 11.4. The van der Waals surface area contributed by atoms with Crippen LogP contribution < -0.4 is 0 Å². The number of carbonyl (C=O) groups excluding carboxylic acids is 1. The second kappa shape index (κ2) is 4.47. The van der Waals surface area contributed by atoms with E-state index in [0.717, 1.165) is 0 Å². The average Bonchev–Trinajstić information content (AvgIpc) is 2.27. The van der Waals surface area contributed by atoms with Gasteiger partial charge in [-0.2, -0.15) is 0 Å². The second-order valence-corrected chi connectivity index (χ2v) is 2.89. The summed E-state index contributed by atoms with van der Waals surface area (Å²) >= 11 is 0. The van der Waals surface area contributed by atoms with Gasteiger partial charge in [-0.3, -0.25) is 14.9 Å². The summed E-state index contributed by atoms with van der Waals surface area (Å²) in [5.74, 6) is -0.410. The van der Waals surface area contributed by atoms with Crippen molar-refractivity contribution < 1.29 is 14.8 Å². The minimum atomic E-state index is -0.547. The summed E-state index contributed by atoms with van der Waals surface area (Å²) in [6, 6.07) is 5.14. The summed E-state index contributed by atoms with van der Waals surface area (Å²) in [6.07, 6.45) is 0. The van der Waals surface area contributed by atoms with E-state index in [9.17, 15) is 14.9 Å². The van der Waals surface area contributed by atoms with Crippen LogP contribution in [0.15, 0.2) is 36.4 Å². The van der Waals surface area contributed by atoms with E-state index in [-0.39, 0.29) is 16.8 Å². The van der Waals surface area contributed by atoms with E-state index in [1.807, 2.05) is 0 Å². The summed E-state index contributed by atoms with van der Waals surface area (Å²) in [6.45, 7) is 2.95. The fraction of sp³-hybridized carbons (Fsp3) is 0.100. The number of carbonyl (C=O) groups is 1. The highest BCUT2D eigenvalue weighted by Crippen LogP contribution is 2.14. The normalized spacial score (nSPS) is 9.67. The number of nitrogens with zero attached hydrogens (tertiary/aromatic N) is 1. The van der Waals surface area contributed by atoms with Crippen molar-refractivity contribution in [2.24, 2.45) is 0 Å². The maximum absolute atomic E-state index is 11.4. The van der Waals surface area contributed by atoms with Crippen molar-refractivity contribution in [1.82, 2.24) is 0 Å². The van der Waals surface area contributed by atoms with Gasteiger partial charge in [0.05, 0.1) is 11.5 Å². The molecule has 1 aromatic rings. The van der Waals surface area contributed by atoms with Crippen molar-refractivity contribution in [3.05, 3.63) is 52.1 Å². The zero-order chi connectivity index (χ0) is 11.4. The lowest BCUT2D eigenvalue weighted by Crippen LogP contribution is -2.05. The Labute approximate surface area is 85.8 Å². The third kappa shape index (κ3) is 2.47. The molecule has 0 aliphatic heterocycles. The van der Waals surface area contributed by atoms with E-state index >= 15 is 0 Å². The molecule has 15 heavy (non-hydrogen) atoms. The average molecular weight is 207 g/mol. The number of rotatable bonds is 4. The van der Waals surface area contributed by atoms with Gasteiger partial charge in [-0.15, -0.1) is 0 Å². The molecule has 0 aromatic heterocycles. The molecule has 0 aliphatic rings. The number of nitro groups is 1. The molecule has 0 aliphatic carbocycles. The van der Waals surface area contributed by atoms with Gasteiger partial charge in [-0.25, -0.2) is 0 Å². The Morgan fingerprint density at radius 3 is 2.33 bits per heavy atom. The van der Waals surface area contributed by atoms with Gasteiger partial charge in [0.15, 0.2) is 5.78 Å². The van der Waals surface area contributed by atoms with Crippen molar-refractivity contribution in [3.63, 3.8) is 0 Å². The van der Waals surface area contributed by atoms with Gasteiger partial charge >= 0.3 is 0 Å². The van der Waals surface area contributed by atoms with Crippen molar-refractivity contribution in [2.45, 2.75) is 0 Å². The van der Waals surface area contributed by atoms with Crippen LogP contribution in [0.25, 0.3) is 0 Å². The Bertz CT molecular complexity index is 408. The molecule has 0 fully saturated rings. The lowest BCUT2D eigenvalue weighted by molar-refractivity contribution is -0.384. The lowest BCUT2D eigenvalue weighted by atomic mass is 10.1. The molecule has 0 saturated carbocycles. The highest BCUT2D eigenvalue weighted by atomic mass is 16.6. The molecule has 0 bridgehead atoms. The van der Waals surface area contributed by atoms with Crippen LogP contribution in [0, 0.1) is 10.1 Å². The second-order valence-electron chi connectivity index (χ2n) is 2.89. The number of aliphatic hydroxyl groups excluding tert-OH is 1. The number of hydrogen-bond acceptors (Lipinski definition) is 4. The Hall–Kier alpha value is -2.01. The van der Waals surface area contributed by atoms with Gasteiger partial charge in [-0.1, -0.05) is 6.58 Å². The largest absolute Gasteiger partial charge is 0.392 e. The third-order valence-corrected chi connectivity index (χ3v) is 1.85. The van der Waals surface area contributed by atoms with E-state index in [2.05, 4.69) is 6.58 Å². The molecule has 0 saturated heterocycles. The molecule has 0 spiro atoms. The molecule has 0 unspecified atom stereocenters. The van der Waals surface area contributed by atoms with E-state index in [1.54, 1.807) is 0 Å². The van der Waals surface area contributed by atoms with Crippen molar-refractivity contribution >= 4 is 11.5 Å². The van der Waals surface area contributed by atoms with E-state index in [1.165, 1.54) is 24.3 Å². The van der Waals surface area contributed by atoms with E-state index < -0.39 is 17.3 Å². The van der Waals surface area contributed by atoms with Gasteiger partial charge < -0.3 is 5.11 Å². The Morgan fingerprint density at radius 1 is 1.40 bits per heavy atom. The fourth-order valence-electron chi connectivity index (χ4n) is 1.01. The van der Waals surface area contributed by atoms with Gasteiger partial charge in [-0.05, 0) is 12.1 Å². The minimum absolute atomic E-state index is 0.0591. The van der Waals surface area contributed by atoms with Gasteiger partial charge in [0.1, 0.15) is 0 Å². The van der Waals surface area contributed by atoms with Crippen LogP contribution in [0.3, 0.4) is 0 Å². The molecule has 1 aromatic carbocycles. The first kappa shape index (κ1) is 11.1. The highest BCUT2D eigenvalue weighted by Gasteiger charge is 2.11. The molecule has 5 nitrogen and oxygen atoms in total. The smallest absolute Gasteiger partial charge is 0.269 e. The molecule has 0 heterocycles. The summed E-state index contributed by atoms with van der Waals surface area (Å²) in [5.41, 5.74) is 0.254. The molecule has 1 N–H and O–H groups in total. The van der Waals surface area contributed by atoms with Crippen molar-refractivity contribution in [2.75, 3.05) is 6.61 Å². The molecule has 0 radical (unpaired) electrons. The third-order valence-electron chi connectivity index (χ3n) is 1.85. The zero-order valence-electron chi connectivity index (χ0n) is 7.84. The molecule has 1 rings (SSSR count). The summed E-state index contributed by atoms with van der Waals surface area (Å²) < 4.78 is 0. The van der Waals surface area contributed by atoms with Crippen LogP contribution >= 0.6 is 0 Å². The first-order valence-electron chi connectivity index (χ1n) is 4.14. The SMILES string of the molecule is C=C(CO)C(=O)c1ccc([N+](=O)[O-])cc1. The topological polar surface area (TPSA) is 80.4 Å². The maximum Gasteiger partial charge on any atom is 0.269 e. The number of non-ortho nitro benzene ring substituents is 1. The number of nitro benzene ring substituents is 1. The minimum Gasteiger partial charge on any atom is -0.392 e. The summed E-state index contributed by atoms with van der Waals surface area (Å²) in [7, 11) is 0. The molecule has 0 amide bonds. The van der Waals surface area contributed by atoms with Crippen LogP contribution in [-0.4, -0.2) is 22.4 Å². The van der Waals surface area contributed by atoms with Crippen LogP contribution in [0.1, 0.15) is 10.4 Å². The number of Topliss-reactive ketones (excluding diaryl/α,β-unsaturated/α-hetero) is 1. The predicted molar refractivity (Wildman–Crippen MR) is 53.7 cm³/mol. The lowest BCUT2D eigenvalue weighted by Gasteiger charge is -2.00. The quantitative estimate of drug-likeness (QED) is 0.349. The van der Waals surface area contributed by atoms with Crippen LogP contribution in [0.5, 0.6) is 0 Å². The van der Waals surface area contributed by atoms with E-state index in [4.69, 9.17) is 5.11 Å². The summed E-state index contributed by atoms with van der Waals surface area (Å²) in [4.78, 5) is 21.2. The van der Waals surface area contributed by atoms with Gasteiger partial charge in [0, 0.05) is 23.3 Å². The Kier molecular flexibility index (Phi) is 3.30. The molecular formula is C10H9NO4. The van der Waals surface area contributed by atoms with Crippen LogP contribution in [0.4, 0.5) is 5.69 Å². The van der Waals surface area contributed by atoms with Crippen LogP contribution in [-0.2, 0) is 0 Å². The monoisotopic (exact) mass is 207 g/mol. The first-order chi connectivity index (χ1) is 7.06. The zero-order valence-corrected chi connectivity index (χ0v) is 7.84. The fourth-order valence-corrected chi connectivity index (χ4v) is 1.01. The van der Waals surface area contributed by atoms with Crippen molar-refractivity contribution in [3.8, 4) is 0 Å². The highest BCUT2D eigenvalue weighted by molar-refractivity contribution is 6.08. The van der Waals surface area contributed by atoms with Gasteiger partial charge in [0.25, 0.3) is 5.69 Å². The number of hydrogen-bond donors (Lipinski definition) is 1. The van der Waals surface area contributed by atoms with Crippen molar-refractivity contribution in [1.29, 1.82) is 0 Å². The summed E-state index contributed by atoms with van der Waals surface area (Å²) in [5, 5.41) is 19.0. The Balaban J connectivity index is 2.94. The van der Waals surface area contributed by atoms with Crippen LogP contribution in [0.2, 0.25) is 0 Å². The van der Waals surface area contributed by atoms with Gasteiger partial charge in [0.2, 0.25) is 0 Å². The molecule has 5 heteroatoms. The number of benzene rings is 1. The molecular weight excluding hydrogens is 198 g/mol. The predicted octanol–water partition coefficient (Wildman–Crippen LogP) is 1.33. The first-order valence-corrected chi connectivity index (χ1v) is 4.14. The molecule has 0 atom stereocenters. The number of aliphatic hydroxyl groups is 1. The number of ketones is 1.